The maximum Gasteiger partial charge on any atom is 0.288 e. The minimum atomic E-state index is -0.00304. The molecule has 1 aliphatic rings. The molecule has 31 heavy (non-hydrogen) atoms. The zero-order chi connectivity index (χ0) is 21.8. The van der Waals surface area contributed by atoms with Crippen LogP contribution in [-0.4, -0.2) is 46.8 Å². The molecule has 3 aromatic rings. The number of nitrogens with one attached hydrogen (secondary N) is 1. The summed E-state index contributed by atoms with van der Waals surface area (Å²) < 4.78 is 12.8. The van der Waals surface area contributed by atoms with Gasteiger partial charge in [0, 0.05) is 24.7 Å². The summed E-state index contributed by atoms with van der Waals surface area (Å²) in [6, 6.07) is 15.4. The van der Waals surface area contributed by atoms with Gasteiger partial charge in [0.25, 0.3) is 16.6 Å². The van der Waals surface area contributed by atoms with Crippen LogP contribution >= 0.6 is 12.2 Å². The zero-order valence-corrected chi connectivity index (χ0v) is 18.5. The summed E-state index contributed by atoms with van der Waals surface area (Å²) in [5.41, 5.74) is 2.50. The van der Waals surface area contributed by atoms with E-state index < -0.39 is 0 Å². The highest BCUT2D eigenvalue weighted by Crippen LogP contribution is 2.28. The number of aryl methyl sites for hydroxylation is 1. The summed E-state index contributed by atoms with van der Waals surface area (Å²) in [7, 11) is 1.62. The number of aromatic nitrogens is 2. The fourth-order valence-corrected chi connectivity index (χ4v) is 4.00. The molecule has 0 atom stereocenters. The number of hydrogen-bond donors (Lipinski definition) is 1. The molecular weight excluding hydrogens is 412 g/mol. The predicted octanol–water partition coefficient (Wildman–Crippen LogP) is 4.04. The smallest absolute Gasteiger partial charge is 0.288 e. The minimum Gasteiger partial charge on any atom is -0.496 e. The van der Waals surface area contributed by atoms with E-state index in [4.69, 9.17) is 21.4 Å². The number of likely N-dealkylation sites (tertiary alicyclic amines) is 1. The van der Waals surface area contributed by atoms with Crippen LogP contribution in [0.4, 0.5) is 0 Å². The highest BCUT2D eigenvalue weighted by atomic mass is 32.1. The van der Waals surface area contributed by atoms with E-state index in [2.05, 4.69) is 15.3 Å². The van der Waals surface area contributed by atoms with Crippen LogP contribution in [0.1, 0.15) is 28.8 Å². The Balaban J connectivity index is 1.35. The molecule has 2 heterocycles. The Morgan fingerprint density at radius 1 is 1.19 bits per heavy atom. The van der Waals surface area contributed by atoms with Crippen molar-refractivity contribution in [1.82, 2.24) is 20.0 Å². The number of rotatable bonds is 6. The molecule has 8 heteroatoms. The van der Waals surface area contributed by atoms with E-state index in [1.54, 1.807) is 11.8 Å². The number of nitrogens with zero attached hydrogens (tertiary/aromatic N) is 3. The topological polar surface area (TPSA) is 72.5 Å². The third-order valence-corrected chi connectivity index (χ3v) is 5.88. The van der Waals surface area contributed by atoms with Crippen LogP contribution in [-0.2, 0) is 6.67 Å². The van der Waals surface area contributed by atoms with Gasteiger partial charge < -0.3 is 14.5 Å². The average molecular weight is 439 g/mol. The maximum absolute atomic E-state index is 12.6. The second-order valence-corrected chi connectivity index (χ2v) is 8.04. The molecular formula is C23H26N4O3S. The highest BCUT2D eigenvalue weighted by molar-refractivity contribution is 7.71. The largest absolute Gasteiger partial charge is 0.496 e. The number of carbonyl (C=O) groups is 1. The molecule has 1 aliphatic heterocycles. The number of ether oxygens (including phenoxy) is 1. The third-order valence-electron chi connectivity index (χ3n) is 5.59. The second-order valence-electron chi connectivity index (χ2n) is 7.70. The Morgan fingerprint density at radius 3 is 2.65 bits per heavy atom. The molecule has 0 radical (unpaired) electrons. The second kappa shape index (κ2) is 9.45. The molecule has 162 valence electrons. The minimum absolute atomic E-state index is 0.00304. The molecule has 0 unspecified atom stereocenters. The lowest BCUT2D eigenvalue weighted by molar-refractivity contribution is 0.0895. The molecule has 0 spiro atoms. The number of hydrogen-bond acceptors (Lipinski definition) is 6. The van der Waals surface area contributed by atoms with Crippen LogP contribution < -0.4 is 10.1 Å². The van der Waals surface area contributed by atoms with Gasteiger partial charge in [-0.15, -0.1) is 5.10 Å². The van der Waals surface area contributed by atoms with Crippen molar-refractivity contribution in [3.05, 3.63) is 64.5 Å². The molecule has 1 fully saturated rings. The summed E-state index contributed by atoms with van der Waals surface area (Å²) in [6.07, 6.45) is 1.75. The van der Waals surface area contributed by atoms with Crippen molar-refractivity contribution in [3.8, 4) is 17.2 Å². The highest BCUT2D eigenvalue weighted by Gasteiger charge is 2.23. The van der Waals surface area contributed by atoms with Gasteiger partial charge in [-0.25, -0.2) is 4.68 Å². The summed E-state index contributed by atoms with van der Waals surface area (Å²) in [5.74, 6) is 1.13. The molecule has 2 aromatic carbocycles. The maximum atomic E-state index is 12.6. The molecule has 1 saturated heterocycles. The zero-order valence-electron chi connectivity index (χ0n) is 17.7. The Morgan fingerprint density at radius 2 is 1.90 bits per heavy atom. The molecule has 1 N–H and O–H groups in total. The van der Waals surface area contributed by atoms with Gasteiger partial charge in [0.05, 0.1) is 19.3 Å². The van der Waals surface area contributed by atoms with Crippen molar-refractivity contribution in [1.29, 1.82) is 0 Å². The van der Waals surface area contributed by atoms with Gasteiger partial charge in [0.15, 0.2) is 0 Å². The lowest BCUT2D eigenvalue weighted by atomic mass is 10.0. The molecule has 0 aliphatic carbocycles. The van der Waals surface area contributed by atoms with Crippen molar-refractivity contribution in [3.63, 3.8) is 0 Å². The first kappa shape index (κ1) is 21.3. The number of benzene rings is 2. The molecule has 4 rings (SSSR count). The van der Waals surface area contributed by atoms with Gasteiger partial charge in [0.2, 0.25) is 0 Å². The molecule has 0 saturated carbocycles. The van der Waals surface area contributed by atoms with Crippen molar-refractivity contribution < 1.29 is 13.9 Å². The van der Waals surface area contributed by atoms with Gasteiger partial charge >= 0.3 is 0 Å². The standard InChI is InChI=1S/C23H26N4O3S/c1-16-7-3-4-8-18(16)21(28)24-17-11-13-26(14-12-17)15-27-23(31)30-22(25-27)19-9-5-6-10-20(19)29-2/h3-10,17H,11-15H2,1-2H3,(H,24,28). The Labute approximate surface area is 186 Å². The van der Waals surface area contributed by atoms with Crippen molar-refractivity contribution in [2.45, 2.75) is 32.5 Å². The summed E-state index contributed by atoms with van der Waals surface area (Å²) in [5, 5.41) is 7.72. The van der Waals surface area contributed by atoms with E-state index in [1.807, 2.05) is 55.5 Å². The van der Waals surface area contributed by atoms with Gasteiger partial charge in [-0.3, -0.25) is 9.69 Å². The van der Waals surface area contributed by atoms with Crippen molar-refractivity contribution >= 4 is 18.1 Å². The number of carbonyl (C=O) groups excluding carboxylic acids is 1. The van der Waals surface area contributed by atoms with Crippen molar-refractivity contribution in [2.75, 3.05) is 20.2 Å². The number of piperidine rings is 1. The Hall–Kier alpha value is -2.97. The van der Waals surface area contributed by atoms with Gasteiger partial charge in [-0.2, -0.15) is 0 Å². The van der Waals surface area contributed by atoms with E-state index in [0.717, 1.165) is 42.6 Å². The normalized spacial score (nSPS) is 15.0. The quantitative estimate of drug-likeness (QED) is 0.586. The van der Waals surface area contributed by atoms with E-state index >= 15 is 0 Å². The van der Waals surface area contributed by atoms with E-state index in [1.165, 1.54) is 0 Å². The molecule has 7 nitrogen and oxygen atoms in total. The summed E-state index contributed by atoms with van der Waals surface area (Å²) in [6.45, 7) is 4.20. The predicted molar refractivity (Wildman–Crippen MR) is 121 cm³/mol. The third kappa shape index (κ3) is 4.86. The summed E-state index contributed by atoms with van der Waals surface area (Å²) >= 11 is 5.38. The molecule has 1 aromatic heterocycles. The molecule has 1 amide bonds. The number of methoxy groups -OCH3 is 1. The SMILES string of the molecule is COc1ccccc1-c1nn(CN2CCC(NC(=O)c3ccccc3C)CC2)c(=S)o1. The number of para-hydroxylation sites is 1. The Kier molecular flexibility index (Phi) is 6.48. The lowest BCUT2D eigenvalue weighted by Crippen LogP contribution is -2.45. The first-order valence-corrected chi connectivity index (χ1v) is 10.8. The molecule has 0 bridgehead atoms. The number of amides is 1. The van der Waals surface area contributed by atoms with Crippen LogP contribution in [0.3, 0.4) is 0 Å². The van der Waals surface area contributed by atoms with Crippen LogP contribution in [0.5, 0.6) is 5.75 Å². The average Bonchev–Trinajstić information content (AvgIpc) is 3.15. The van der Waals surface area contributed by atoms with Gasteiger partial charge in [-0.05, 0) is 55.7 Å². The van der Waals surface area contributed by atoms with Crippen molar-refractivity contribution in [2.24, 2.45) is 0 Å². The first-order valence-electron chi connectivity index (χ1n) is 10.4. The fourth-order valence-electron chi connectivity index (χ4n) is 3.82. The van der Waals surface area contributed by atoms with Crippen LogP contribution in [0, 0.1) is 11.8 Å². The van der Waals surface area contributed by atoms with E-state index in [0.29, 0.717) is 23.1 Å². The van der Waals surface area contributed by atoms with E-state index in [9.17, 15) is 4.79 Å². The van der Waals surface area contributed by atoms with Crippen LogP contribution in [0.2, 0.25) is 0 Å². The van der Waals surface area contributed by atoms with Crippen LogP contribution in [0.25, 0.3) is 11.5 Å². The van der Waals surface area contributed by atoms with E-state index in [-0.39, 0.29) is 11.9 Å². The fraction of sp³-hybridized carbons (Fsp3) is 0.348. The van der Waals surface area contributed by atoms with Gasteiger partial charge in [-0.1, -0.05) is 30.3 Å². The monoisotopic (exact) mass is 438 g/mol. The van der Waals surface area contributed by atoms with Gasteiger partial charge in [0.1, 0.15) is 5.75 Å². The summed E-state index contributed by atoms with van der Waals surface area (Å²) in [4.78, 5) is 15.2. The first-order chi connectivity index (χ1) is 15.0. The van der Waals surface area contributed by atoms with Crippen LogP contribution in [0.15, 0.2) is 52.9 Å². The Bertz CT molecular complexity index is 1120. The lowest BCUT2D eigenvalue weighted by Gasteiger charge is -2.32.